The van der Waals surface area contributed by atoms with Gasteiger partial charge in [0.25, 0.3) is 0 Å². The lowest BCUT2D eigenvalue weighted by Gasteiger charge is -2.04. The van der Waals surface area contributed by atoms with Gasteiger partial charge in [-0.05, 0) is 17.3 Å². The summed E-state index contributed by atoms with van der Waals surface area (Å²) in [4.78, 5) is 15.1. The molecule has 9 heteroatoms. The summed E-state index contributed by atoms with van der Waals surface area (Å²) >= 11 is 5.53. The number of nitrogens with one attached hydrogen (secondary N) is 1. The molecule has 8 nitrogen and oxygen atoms in total. The first-order valence-electron chi connectivity index (χ1n) is 5.12. The summed E-state index contributed by atoms with van der Waals surface area (Å²) in [5.41, 5.74) is 6.29. The number of halogens is 1. The zero-order valence-corrected chi connectivity index (χ0v) is 10.3. The molecule has 1 aromatic heterocycles. The van der Waals surface area contributed by atoms with E-state index in [1.165, 1.54) is 12.1 Å². The summed E-state index contributed by atoms with van der Waals surface area (Å²) in [5, 5.41) is 22.4. The van der Waals surface area contributed by atoms with E-state index < -0.39 is 5.97 Å². The molecule has 19 heavy (non-hydrogen) atoms. The minimum absolute atomic E-state index is 0.00545. The number of nitrogens with two attached hydrogens (primary N) is 1. The third-order valence-corrected chi connectivity index (χ3v) is 2.51. The van der Waals surface area contributed by atoms with Crippen LogP contribution in [0.2, 0.25) is 0 Å². The van der Waals surface area contributed by atoms with Gasteiger partial charge in [0.15, 0.2) is 0 Å². The SMILES string of the molecule is NC(CCl)=Nc1cc(-c2nn[nH]n2)ccc1C(=O)O. The van der Waals surface area contributed by atoms with E-state index in [0.29, 0.717) is 11.4 Å². The average molecular weight is 281 g/mol. The number of carboxylic acids is 1. The van der Waals surface area contributed by atoms with E-state index in [0.717, 1.165) is 0 Å². The molecule has 0 aliphatic carbocycles. The van der Waals surface area contributed by atoms with Crippen LogP contribution in [0.5, 0.6) is 0 Å². The van der Waals surface area contributed by atoms with Gasteiger partial charge in [-0.2, -0.15) is 5.21 Å². The number of tetrazole rings is 1. The molecule has 0 fully saturated rings. The van der Waals surface area contributed by atoms with Gasteiger partial charge in [-0.3, -0.25) is 0 Å². The maximum Gasteiger partial charge on any atom is 0.337 e. The van der Waals surface area contributed by atoms with Crippen molar-refractivity contribution in [3.63, 3.8) is 0 Å². The summed E-state index contributed by atoms with van der Waals surface area (Å²) in [7, 11) is 0. The second kappa shape index (κ2) is 5.44. The van der Waals surface area contributed by atoms with Gasteiger partial charge in [0.2, 0.25) is 5.82 Å². The first-order chi connectivity index (χ1) is 9.11. The van der Waals surface area contributed by atoms with Crippen molar-refractivity contribution in [1.29, 1.82) is 0 Å². The van der Waals surface area contributed by atoms with Gasteiger partial charge >= 0.3 is 5.97 Å². The summed E-state index contributed by atoms with van der Waals surface area (Å²) in [6, 6.07) is 4.46. The number of hydrogen-bond donors (Lipinski definition) is 3. The van der Waals surface area contributed by atoms with Crippen LogP contribution >= 0.6 is 11.6 Å². The van der Waals surface area contributed by atoms with Crippen LogP contribution in [0.1, 0.15) is 10.4 Å². The molecule has 0 unspecified atom stereocenters. The molecule has 0 saturated heterocycles. The molecule has 4 N–H and O–H groups in total. The number of aromatic carboxylic acids is 1. The minimum atomic E-state index is -1.11. The Morgan fingerprint density at radius 2 is 2.32 bits per heavy atom. The Kier molecular flexibility index (Phi) is 3.71. The largest absolute Gasteiger partial charge is 0.478 e. The standard InChI is InChI=1S/C10H9ClN6O2/c11-4-8(12)13-7-3-5(9-14-16-17-15-9)1-2-6(7)10(18)19/h1-3H,4H2,(H2,12,13)(H,18,19)(H,14,15,16,17). The maximum atomic E-state index is 11.1. The molecule has 2 rings (SSSR count). The molecule has 1 heterocycles. The van der Waals surface area contributed by atoms with Gasteiger partial charge < -0.3 is 10.8 Å². The highest BCUT2D eigenvalue weighted by Crippen LogP contribution is 2.25. The van der Waals surface area contributed by atoms with Gasteiger partial charge in [0, 0.05) is 5.56 Å². The lowest BCUT2D eigenvalue weighted by atomic mass is 10.1. The number of hydrogen-bond acceptors (Lipinski definition) is 5. The van der Waals surface area contributed by atoms with Crippen molar-refractivity contribution >= 4 is 29.1 Å². The minimum Gasteiger partial charge on any atom is -0.478 e. The van der Waals surface area contributed by atoms with E-state index in [-0.39, 0.29) is 23.0 Å². The molecular formula is C10H9ClN6O2. The molecule has 1 aromatic carbocycles. The number of aromatic nitrogens is 4. The van der Waals surface area contributed by atoms with E-state index in [2.05, 4.69) is 25.6 Å². The van der Waals surface area contributed by atoms with Crippen molar-refractivity contribution in [3.05, 3.63) is 23.8 Å². The van der Waals surface area contributed by atoms with Gasteiger partial charge in [-0.25, -0.2) is 9.79 Å². The number of aromatic amines is 1. The highest BCUT2D eigenvalue weighted by molar-refractivity contribution is 6.28. The van der Waals surface area contributed by atoms with Crippen molar-refractivity contribution in [2.45, 2.75) is 0 Å². The summed E-state index contributed by atoms with van der Waals surface area (Å²) in [5.74, 6) is -0.654. The number of rotatable bonds is 4. The Labute approximate surface area is 112 Å². The van der Waals surface area contributed by atoms with Crippen molar-refractivity contribution in [3.8, 4) is 11.4 Å². The first kappa shape index (κ1) is 13.0. The number of aliphatic imine (C=N–C) groups is 1. The van der Waals surface area contributed by atoms with Crippen LogP contribution in [0, 0.1) is 0 Å². The van der Waals surface area contributed by atoms with E-state index >= 15 is 0 Å². The van der Waals surface area contributed by atoms with E-state index in [9.17, 15) is 4.79 Å². The fourth-order valence-corrected chi connectivity index (χ4v) is 1.47. The summed E-state index contributed by atoms with van der Waals surface area (Å²) in [6.45, 7) is 0. The average Bonchev–Trinajstić information content (AvgIpc) is 2.92. The van der Waals surface area contributed by atoms with Gasteiger partial charge in [-0.15, -0.1) is 21.8 Å². The predicted octanol–water partition coefficient (Wildman–Crippen LogP) is 0.792. The van der Waals surface area contributed by atoms with E-state index in [1.54, 1.807) is 6.07 Å². The third-order valence-electron chi connectivity index (χ3n) is 2.23. The second-order valence-corrected chi connectivity index (χ2v) is 3.78. The fraction of sp³-hybridized carbons (Fsp3) is 0.100. The highest BCUT2D eigenvalue weighted by atomic mass is 35.5. The molecule has 98 valence electrons. The lowest BCUT2D eigenvalue weighted by Crippen LogP contribution is -2.12. The van der Waals surface area contributed by atoms with Crippen LogP contribution in [0.25, 0.3) is 11.4 Å². The molecule has 0 spiro atoms. The number of nitrogens with zero attached hydrogens (tertiary/aromatic N) is 4. The summed E-state index contributed by atoms with van der Waals surface area (Å²) in [6.07, 6.45) is 0. The maximum absolute atomic E-state index is 11.1. The molecule has 0 bridgehead atoms. The Morgan fingerprint density at radius 1 is 1.53 bits per heavy atom. The van der Waals surface area contributed by atoms with Crippen molar-refractivity contribution in [2.24, 2.45) is 10.7 Å². The predicted molar refractivity (Wildman–Crippen MR) is 68.6 cm³/mol. The van der Waals surface area contributed by atoms with Gasteiger partial charge in [0.1, 0.15) is 5.84 Å². The monoisotopic (exact) mass is 280 g/mol. The zero-order valence-electron chi connectivity index (χ0n) is 9.54. The second-order valence-electron chi connectivity index (χ2n) is 3.51. The molecular weight excluding hydrogens is 272 g/mol. The third kappa shape index (κ3) is 2.86. The van der Waals surface area contributed by atoms with Crippen LogP contribution in [-0.2, 0) is 0 Å². The summed E-state index contributed by atoms with van der Waals surface area (Å²) < 4.78 is 0. The number of carbonyl (C=O) groups is 1. The normalized spacial score (nSPS) is 11.5. The topological polar surface area (TPSA) is 130 Å². The molecule has 0 saturated carbocycles. The lowest BCUT2D eigenvalue weighted by molar-refractivity contribution is 0.0698. The molecule has 0 aliphatic heterocycles. The Balaban J connectivity index is 2.53. The first-order valence-corrected chi connectivity index (χ1v) is 5.65. The molecule has 0 amide bonds. The van der Waals surface area contributed by atoms with Crippen molar-refractivity contribution < 1.29 is 9.90 Å². The molecule has 0 atom stereocenters. The Morgan fingerprint density at radius 3 is 2.89 bits per heavy atom. The quantitative estimate of drug-likeness (QED) is 0.431. The molecule has 0 aliphatic rings. The van der Waals surface area contributed by atoms with Gasteiger partial charge in [0.05, 0.1) is 17.1 Å². The van der Waals surface area contributed by atoms with E-state index in [1.807, 2.05) is 0 Å². The number of carboxylic acid groups (broad SMARTS) is 1. The Bertz CT molecular complexity index is 625. The van der Waals surface area contributed by atoms with Crippen LogP contribution in [-0.4, -0.2) is 43.4 Å². The van der Waals surface area contributed by atoms with Crippen LogP contribution in [0.3, 0.4) is 0 Å². The Hall–Kier alpha value is -2.48. The zero-order chi connectivity index (χ0) is 13.8. The smallest absolute Gasteiger partial charge is 0.337 e. The van der Waals surface area contributed by atoms with Crippen LogP contribution < -0.4 is 5.73 Å². The van der Waals surface area contributed by atoms with Crippen molar-refractivity contribution in [2.75, 3.05) is 5.88 Å². The van der Waals surface area contributed by atoms with Gasteiger partial charge in [-0.1, -0.05) is 6.07 Å². The number of H-pyrrole nitrogens is 1. The number of amidine groups is 1. The molecule has 0 radical (unpaired) electrons. The molecule has 2 aromatic rings. The van der Waals surface area contributed by atoms with Crippen LogP contribution in [0.15, 0.2) is 23.2 Å². The highest BCUT2D eigenvalue weighted by Gasteiger charge is 2.13. The number of alkyl halides is 1. The van der Waals surface area contributed by atoms with Crippen molar-refractivity contribution in [1.82, 2.24) is 20.6 Å². The fourth-order valence-electron chi connectivity index (χ4n) is 1.41. The number of benzene rings is 1. The van der Waals surface area contributed by atoms with Crippen LogP contribution in [0.4, 0.5) is 5.69 Å². The van der Waals surface area contributed by atoms with E-state index in [4.69, 9.17) is 22.4 Å².